The van der Waals surface area contributed by atoms with Crippen molar-refractivity contribution >= 4 is 17.8 Å². The summed E-state index contributed by atoms with van der Waals surface area (Å²) >= 11 is 0. The largest absolute Gasteiger partial charge is 0.480 e. The maximum Gasteiger partial charge on any atom is 0.326 e. The quantitative estimate of drug-likeness (QED) is 0.568. The predicted molar refractivity (Wildman–Crippen MR) is 95.4 cm³/mol. The lowest BCUT2D eigenvalue weighted by Crippen LogP contribution is -2.46. The number of amides is 2. The number of carboxylic acid groups (broad SMARTS) is 1. The number of rotatable bonds is 8. The van der Waals surface area contributed by atoms with Crippen molar-refractivity contribution in [2.75, 3.05) is 6.54 Å². The monoisotopic (exact) mass is 358 g/mol. The van der Waals surface area contributed by atoms with Gasteiger partial charge in [-0.25, -0.2) is 4.79 Å². The maximum absolute atomic E-state index is 12.1. The summed E-state index contributed by atoms with van der Waals surface area (Å²) < 4.78 is 0. The van der Waals surface area contributed by atoms with Crippen molar-refractivity contribution in [2.45, 2.75) is 26.3 Å². The zero-order valence-corrected chi connectivity index (χ0v) is 14.7. The van der Waals surface area contributed by atoms with E-state index in [1.165, 1.54) is 0 Å². The van der Waals surface area contributed by atoms with Crippen molar-refractivity contribution in [3.63, 3.8) is 0 Å². The average Bonchev–Trinajstić information content (AvgIpc) is 3.09. The van der Waals surface area contributed by atoms with Gasteiger partial charge in [-0.1, -0.05) is 44.2 Å². The minimum absolute atomic E-state index is 0.118. The fourth-order valence-corrected chi connectivity index (χ4v) is 2.39. The van der Waals surface area contributed by atoms with Crippen LogP contribution in [0.1, 0.15) is 30.8 Å². The summed E-state index contributed by atoms with van der Waals surface area (Å²) in [5.41, 5.74) is 1.69. The maximum atomic E-state index is 12.1. The normalized spacial score (nSPS) is 11.8. The number of carboxylic acids is 1. The molecule has 0 fully saturated rings. The number of carbonyl (C=O) groups excluding carboxylic acids is 2. The molecule has 138 valence electrons. The number of aliphatic carboxylic acids is 1. The predicted octanol–water partition coefficient (Wildman–Crippen LogP) is 1.42. The highest BCUT2D eigenvalue weighted by molar-refractivity contribution is 5.96. The number of carbonyl (C=O) groups is 3. The Morgan fingerprint density at radius 1 is 1.19 bits per heavy atom. The topological polar surface area (TPSA) is 124 Å². The van der Waals surface area contributed by atoms with Crippen molar-refractivity contribution in [3.05, 3.63) is 42.1 Å². The van der Waals surface area contributed by atoms with E-state index in [4.69, 9.17) is 5.11 Å². The van der Waals surface area contributed by atoms with Gasteiger partial charge in [-0.05, 0) is 18.4 Å². The van der Waals surface area contributed by atoms with Crippen LogP contribution < -0.4 is 10.6 Å². The molecular weight excluding hydrogens is 336 g/mol. The van der Waals surface area contributed by atoms with Crippen LogP contribution in [0, 0.1) is 5.92 Å². The van der Waals surface area contributed by atoms with Crippen LogP contribution >= 0.6 is 0 Å². The summed E-state index contributed by atoms with van der Waals surface area (Å²) in [6.07, 6.45) is 0.315. The van der Waals surface area contributed by atoms with Crippen LogP contribution in [0.5, 0.6) is 0 Å². The Balaban J connectivity index is 1.89. The molecule has 0 bridgehead atoms. The molecule has 1 aromatic carbocycles. The van der Waals surface area contributed by atoms with E-state index in [1.54, 1.807) is 6.07 Å². The highest BCUT2D eigenvalue weighted by Crippen LogP contribution is 2.16. The molecule has 0 radical (unpaired) electrons. The van der Waals surface area contributed by atoms with Gasteiger partial charge in [-0.2, -0.15) is 5.10 Å². The summed E-state index contributed by atoms with van der Waals surface area (Å²) in [6, 6.07) is 9.95. The zero-order valence-electron chi connectivity index (χ0n) is 14.7. The third-order valence-corrected chi connectivity index (χ3v) is 3.64. The fourth-order valence-electron chi connectivity index (χ4n) is 2.39. The molecule has 8 nitrogen and oxygen atoms in total. The lowest BCUT2D eigenvalue weighted by molar-refractivity contribution is -0.142. The van der Waals surface area contributed by atoms with Gasteiger partial charge in [0.1, 0.15) is 11.7 Å². The standard InChI is InChI=1S/C18H22N4O4/c1-11(2)8-15(18(25)26)20-16(23)10-19-17(24)14-9-13(21-22-14)12-6-4-3-5-7-12/h3-7,9,11,15H,8,10H2,1-2H3,(H,19,24)(H,20,23)(H,21,22)(H,25,26)/t15-/m0/s1. The number of H-pyrrole nitrogens is 1. The Morgan fingerprint density at radius 2 is 1.88 bits per heavy atom. The highest BCUT2D eigenvalue weighted by atomic mass is 16.4. The molecule has 2 rings (SSSR count). The van der Waals surface area contributed by atoms with Crippen LogP contribution in [-0.2, 0) is 9.59 Å². The number of aromatic amines is 1. The van der Waals surface area contributed by atoms with Gasteiger partial charge < -0.3 is 15.7 Å². The average molecular weight is 358 g/mol. The Morgan fingerprint density at radius 3 is 2.50 bits per heavy atom. The molecule has 8 heteroatoms. The van der Waals surface area contributed by atoms with Gasteiger partial charge >= 0.3 is 5.97 Å². The third-order valence-electron chi connectivity index (χ3n) is 3.64. The van der Waals surface area contributed by atoms with E-state index in [0.717, 1.165) is 5.56 Å². The molecule has 4 N–H and O–H groups in total. The zero-order chi connectivity index (χ0) is 19.1. The van der Waals surface area contributed by atoms with E-state index in [0.29, 0.717) is 12.1 Å². The van der Waals surface area contributed by atoms with E-state index in [9.17, 15) is 14.4 Å². The second-order valence-corrected chi connectivity index (χ2v) is 6.30. The molecular formula is C18H22N4O4. The summed E-state index contributed by atoms with van der Waals surface area (Å²) in [6.45, 7) is 3.42. The lowest BCUT2D eigenvalue weighted by atomic mass is 10.0. The van der Waals surface area contributed by atoms with E-state index in [1.807, 2.05) is 44.2 Å². The van der Waals surface area contributed by atoms with Crippen LogP contribution in [-0.4, -0.2) is 45.7 Å². The van der Waals surface area contributed by atoms with Crippen molar-refractivity contribution < 1.29 is 19.5 Å². The van der Waals surface area contributed by atoms with Crippen LogP contribution in [0.3, 0.4) is 0 Å². The number of hydrogen-bond acceptors (Lipinski definition) is 4. The first-order valence-electron chi connectivity index (χ1n) is 8.28. The van der Waals surface area contributed by atoms with Gasteiger partial charge in [-0.15, -0.1) is 0 Å². The Bertz CT molecular complexity index is 771. The van der Waals surface area contributed by atoms with Crippen LogP contribution in [0.25, 0.3) is 11.3 Å². The van der Waals surface area contributed by atoms with Gasteiger partial charge in [0.2, 0.25) is 5.91 Å². The molecule has 2 aromatic rings. The summed E-state index contributed by atoms with van der Waals surface area (Å²) in [7, 11) is 0. The highest BCUT2D eigenvalue weighted by Gasteiger charge is 2.21. The van der Waals surface area contributed by atoms with E-state index >= 15 is 0 Å². The number of nitrogens with zero attached hydrogens (tertiary/aromatic N) is 1. The van der Waals surface area contributed by atoms with Gasteiger partial charge in [0.15, 0.2) is 0 Å². The molecule has 1 aromatic heterocycles. The first-order chi connectivity index (χ1) is 12.4. The molecule has 0 aliphatic heterocycles. The molecule has 1 atom stereocenters. The molecule has 0 saturated carbocycles. The van der Waals surface area contributed by atoms with Gasteiger partial charge in [0, 0.05) is 5.56 Å². The molecule has 26 heavy (non-hydrogen) atoms. The van der Waals surface area contributed by atoms with Gasteiger partial charge in [0.05, 0.1) is 12.2 Å². The van der Waals surface area contributed by atoms with Crippen molar-refractivity contribution in [1.29, 1.82) is 0 Å². The molecule has 0 spiro atoms. The van der Waals surface area contributed by atoms with Crippen molar-refractivity contribution in [2.24, 2.45) is 5.92 Å². The Hall–Kier alpha value is -3.16. The lowest BCUT2D eigenvalue weighted by Gasteiger charge is -2.16. The van der Waals surface area contributed by atoms with Crippen molar-refractivity contribution in [1.82, 2.24) is 20.8 Å². The van der Waals surface area contributed by atoms with E-state index in [-0.39, 0.29) is 18.2 Å². The minimum Gasteiger partial charge on any atom is -0.480 e. The summed E-state index contributed by atoms with van der Waals surface area (Å²) in [5.74, 6) is -2.04. The SMILES string of the molecule is CC(C)C[C@H](NC(=O)CNC(=O)c1cc(-c2ccccc2)n[nH]1)C(=O)O. The first-order valence-corrected chi connectivity index (χ1v) is 8.28. The number of hydrogen-bond donors (Lipinski definition) is 4. The molecule has 0 aliphatic rings. The van der Waals surface area contributed by atoms with E-state index < -0.39 is 23.8 Å². The number of aromatic nitrogens is 2. The fraction of sp³-hybridized carbons (Fsp3) is 0.333. The Kier molecular flexibility index (Phi) is 6.48. The van der Waals surface area contributed by atoms with Crippen LogP contribution in [0.2, 0.25) is 0 Å². The molecule has 0 unspecified atom stereocenters. The smallest absolute Gasteiger partial charge is 0.326 e. The van der Waals surface area contributed by atoms with Crippen molar-refractivity contribution in [3.8, 4) is 11.3 Å². The van der Waals surface area contributed by atoms with Gasteiger partial charge in [0.25, 0.3) is 5.91 Å². The third kappa shape index (κ3) is 5.44. The summed E-state index contributed by atoms with van der Waals surface area (Å²) in [5, 5.41) is 20.7. The molecule has 1 heterocycles. The second kappa shape index (κ2) is 8.80. The second-order valence-electron chi connectivity index (χ2n) is 6.30. The summed E-state index contributed by atoms with van der Waals surface area (Å²) in [4.78, 5) is 35.2. The van der Waals surface area contributed by atoms with Crippen LogP contribution in [0.15, 0.2) is 36.4 Å². The van der Waals surface area contributed by atoms with Gasteiger partial charge in [-0.3, -0.25) is 14.7 Å². The number of nitrogens with one attached hydrogen (secondary N) is 3. The van der Waals surface area contributed by atoms with E-state index in [2.05, 4.69) is 20.8 Å². The first kappa shape index (κ1) is 19.2. The molecule has 0 aliphatic carbocycles. The number of benzene rings is 1. The Labute approximate surface area is 151 Å². The molecule has 2 amide bonds. The molecule has 0 saturated heterocycles. The van der Waals surface area contributed by atoms with Crippen LogP contribution in [0.4, 0.5) is 0 Å². The minimum atomic E-state index is -1.10.